The van der Waals surface area contributed by atoms with Gasteiger partial charge in [-0.3, -0.25) is 0 Å². The van der Waals surface area contributed by atoms with E-state index in [9.17, 15) is 0 Å². The Hall–Kier alpha value is -1.37. The molecule has 2 aromatic rings. The predicted octanol–water partition coefficient (Wildman–Crippen LogP) is 3.26. The van der Waals surface area contributed by atoms with Crippen LogP contribution in [0.5, 0.6) is 5.75 Å². The van der Waals surface area contributed by atoms with Crippen LogP contribution in [0.1, 0.15) is 18.5 Å². The lowest BCUT2D eigenvalue weighted by Gasteiger charge is -2.14. The van der Waals surface area contributed by atoms with Gasteiger partial charge in [-0.25, -0.2) is 9.97 Å². The van der Waals surface area contributed by atoms with E-state index >= 15 is 0 Å². The van der Waals surface area contributed by atoms with E-state index in [1.807, 2.05) is 24.3 Å². The minimum absolute atomic E-state index is 0.149. The largest absolute Gasteiger partial charge is 0.497 e. The number of nitrogens with one attached hydrogen (secondary N) is 1. The Morgan fingerprint density at radius 1 is 1.17 bits per heavy atom. The van der Waals surface area contributed by atoms with Gasteiger partial charge < -0.3 is 10.1 Å². The van der Waals surface area contributed by atoms with Crippen LogP contribution in [0.25, 0.3) is 0 Å². The Bertz CT molecular complexity index is 499. The van der Waals surface area contributed by atoms with Gasteiger partial charge in [0.05, 0.1) is 13.2 Å². The standard InChI is InChI=1S/C13H14IN3O/c1-9(10-3-5-12(18-2)6-4-10)17-13-15-7-11(14)8-16-13/h3-9H,1-2H3,(H,15,16,17). The molecule has 1 atom stereocenters. The lowest BCUT2D eigenvalue weighted by molar-refractivity contribution is 0.414. The van der Waals surface area contributed by atoms with Crippen LogP contribution in [0.4, 0.5) is 5.95 Å². The van der Waals surface area contributed by atoms with Crippen LogP contribution in [0, 0.1) is 3.57 Å². The first-order valence-corrected chi connectivity index (χ1v) is 6.65. The minimum atomic E-state index is 0.149. The minimum Gasteiger partial charge on any atom is -0.497 e. The number of aromatic nitrogens is 2. The number of ether oxygens (including phenoxy) is 1. The average molecular weight is 355 g/mol. The molecular weight excluding hydrogens is 341 g/mol. The van der Waals surface area contributed by atoms with Gasteiger partial charge in [0.2, 0.25) is 5.95 Å². The first-order chi connectivity index (χ1) is 8.69. The molecule has 0 aliphatic heterocycles. The number of anilines is 1. The van der Waals surface area contributed by atoms with Crippen molar-refractivity contribution >= 4 is 28.5 Å². The van der Waals surface area contributed by atoms with Crippen molar-refractivity contribution in [3.8, 4) is 5.75 Å². The number of nitrogens with zero attached hydrogens (tertiary/aromatic N) is 2. The average Bonchev–Trinajstić information content (AvgIpc) is 2.41. The second kappa shape index (κ2) is 5.99. The van der Waals surface area contributed by atoms with E-state index < -0.39 is 0 Å². The molecule has 0 bridgehead atoms. The van der Waals surface area contributed by atoms with E-state index in [0.29, 0.717) is 5.95 Å². The lowest BCUT2D eigenvalue weighted by atomic mass is 10.1. The lowest BCUT2D eigenvalue weighted by Crippen LogP contribution is -2.09. The molecule has 0 amide bonds. The molecular formula is C13H14IN3O. The number of hydrogen-bond donors (Lipinski definition) is 1. The van der Waals surface area contributed by atoms with E-state index in [-0.39, 0.29) is 6.04 Å². The summed E-state index contributed by atoms with van der Waals surface area (Å²) in [5, 5.41) is 3.26. The monoisotopic (exact) mass is 355 g/mol. The number of halogens is 1. The summed E-state index contributed by atoms with van der Waals surface area (Å²) in [4.78, 5) is 8.45. The highest BCUT2D eigenvalue weighted by molar-refractivity contribution is 14.1. The molecule has 4 nitrogen and oxygen atoms in total. The zero-order chi connectivity index (χ0) is 13.0. The van der Waals surface area contributed by atoms with Crippen LogP contribution in [0.3, 0.4) is 0 Å². The van der Waals surface area contributed by atoms with E-state index in [1.54, 1.807) is 19.5 Å². The molecule has 1 heterocycles. The van der Waals surface area contributed by atoms with Gasteiger partial charge in [-0.1, -0.05) is 12.1 Å². The van der Waals surface area contributed by atoms with Gasteiger partial charge in [-0.2, -0.15) is 0 Å². The zero-order valence-electron chi connectivity index (χ0n) is 10.2. The summed E-state index contributed by atoms with van der Waals surface area (Å²) < 4.78 is 6.16. The zero-order valence-corrected chi connectivity index (χ0v) is 12.4. The van der Waals surface area contributed by atoms with Crippen LogP contribution in [0.15, 0.2) is 36.7 Å². The molecule has 0 fully saturated rings. The molecule has 0 saturated carbocycles. The van der Waals surface area contributed by atoms with E-state index in [1.165, 1.54) is 0 Å². The molecule has 1 aromatic carbocycles. The number of rotatable bonds is 4. The Morgan fingerprint density at radius 2 is 1.78 bits per heavy atom. The van der Waals surface area contributed by atoms with Crippen molar-refractivity contribution in [2.24, 2.45) is 0 Å². The Balaban J connectivity index is 2.06. The van der Waals surface area contributed by atoms with Crippen molar-refractivity contribution in [1.29, 1.82) is 0 Å². The van der Waals surface area contributed by atoms with Crippen LogP contribution < -0.4 is 10.1 Å². The summed E-state index contributed by atoms with van der Waals surface area (Å²) in [6.07, 6.45) is 3.58. The molecule has 5 heteroatoms. The van der Waals surface area contributed by atoms with Gasteiger partial charge >= 0.3 is 0 Å². The van der Waals surface area contributed by atoms with Crippen molar-refractivity contribution in [3.63, 3.8) is 0 Å². The summed E-state index contributed by atoms with van der Waals surface area (Å²) in [7, 11) is 1.66. The second-order valence-corrected chi connectivity index (χ2v) is 5.11. The maximum absolute atomic E-state index is 5.13. The highest BCUT2D eigenvalue weighted by atomic mass is 127. The van der Waals surface area contributed by atoms with Gasteiger partial charge in [0.15, 0.2) is 0 Å². The van der Waals surface area contributed by atoms with Crippen LogP contribution in [0.2, 0.25) is 0 Å². The Kier molecular flexibility index (Phi) is 4.35. The number of benzene rings is 1. The van der Waals surface area contributed by atoms with Gasteiger partial charge in [-0.15, -0.1) is 0 Å². The topological polar surface area (TPSA) is 47.0 Å². The van der Waals surface area contributed by atoms with E-state index in [4.69, 9.17) is 4.74 Å². The summed E-state index contributed by atoms with van der Waals surface area (Å²) in [6, 6.07) is 8.10. The van der Waals surface area contributed by atoms with Gasteiger partial charge in [0, 0.05) is 16.0 Å². The van der Waals surface area contributed by atoms with Crippen LogP contribution in [-0.2, 0) is 0 Å². The molecule has 2 rings (SSSR count). The normalized spacial score (nSPS) is 11.9. The third-order valence-corrected chi connectivity index (χ3v) is 3.14. The fourth-order valence-electron chi connectivity index (χ4n) is 1.56. The van der Waals surface area contributed by atoms with Crippen molar-refractivity contribution in [3.05, 3.63) is 45.8 Å². The van der Waals surface area contributed by atoms with Crippen LogP contribution >= 0.6 is 22.6 Å². The van der Waals surface area contributed by atoms with E-state index in [2.05, 4.69) is 44.8 Å². The third kappa shape index (κ3) is 3.32. The quantitative estimate of drug-likeness (QED) is 0.856. The van der Waals surface area contributed by atoms with Gasteiger partial charge in [0.1, 0.15) is 5.75 Å². The van der Waals surface area contributed by atoms with Crippen molar-refractivity contribution < 1.29 is 4.74 Å². The maximum atomic E-state index is 5.13. The molecule has 0 radical (unpaired) electrons. The summed E-state index contributed by atoms with van der Waals surface area (Å²) in [6.45, 7) is 2.07. The second-order valence-electron chi connectivity index (χ2n) is 3.86. The van der Waals surface area contributed by atoms with Gasteiger partial charge in [-0.05, 0) is 47.2 Å². The highest BCUT2D eigenvalue weighted by Crippen LogP contribution is 2.19. The van der Waals surface area contributed by atoms with Crippen molar-refractivity contribution in [2.45, 2.75) is 13.0 Å². The summed E-state index contributed by atoms with van der Waals surface area (Å²) in [5.74, 6) is 1.50. The predicted molar refractivity (Wildman–Crippen MR) is 79.8 cm³/mol. The summed E-state index contributed by atoms with van der Waals surface area (Å²) >= 11 is 2.18. The third-order valence-electron chi connectivity index (χ3n) is 2.58. The molecule has 1 N–H and O–H groups in total. The molecule has 1 unspecified atom stereocenters. The van der Waals surface area contributed by atoms with Crippen molar-refractivity contribution in [1.82, 2.24) is 9.97 Å². The SMILES string of the molecule is COc1ccc(C(C)Nc2ncc(I)cn2)cc1. The molecule has 0 saturated heterocycles. The first-order valence-electron chi connectivity index (χ1n) is 5.57. The van der Waals surface area contributed by atoms with Gasteiger partial charge in [0.25, 0.3) is 0 Å². The fraction of sp³-hybridized carbons (Fsp3) is 0.231. The maximum Gasteiger partial charge on any atom is 0.223 e. The van der Waals surface area contributed by atoms with Crippen LogP contribution in [-0.4, -0.2) is 17.1 Å². The van der Waals surface area contributed by atoms with E-state index in [0.717, 1.165) is 14.9 Å². The molecule has 0 spiro atoms. The smallest absolute Gasteiger partial charge is 0.223 e. The van der Waals surface area contributed by atoms with Crippen molar-refractivity contribution in [2.75, 3.05) is 12.4 Å². The Morgan fingerprint density at radius 3 is 2.33 bits per heavy atom. The first kappa shape index (κ1) is 13.1. The Labute approximate surface area is 120 Å². The highest BCUT2D eigenvalue weighted by Gasteiger charge is 2.06. The number of methoxy groups -OCH3 is 1. The molecule has 18 heavy (non-hydrogen) atoms. The molecule has 0 aliphatic rings. The number of hydrogen-bond acceptors (Lipinski definition) is 4. The molecule has 1 aromatic heterocycles. The molecule has 94 valence electrons. The summed E-state index contributed by atoms with van der Waals surface area (Å²) in [5.41, 5.74) is 1.16. The molecule has 0 aliphatic carbocycles. The fourth-order valence-corrected chi connectivity index (χ4v) is 1.83.